The van der Waals surface area contributed by atoms with Gasteiger partial charge in [-0.3, -0.25) is 9.09 Å². The van der Waals surface area contributed by atoms with Crippen molar-refractivity contribution in [3.05, 3.63) is 22.7 Å². The molecule has 16 nitrogen and oxygen atoms in total. The van der Waals surface area contributed by atoms with E-state index in [1.165, 1.54) is 6.07 Å². The Kier molecular flexibility index (Phi) is 7.89. The van der Waals surface area contributed by atoms with Crippen molar-refractivity contribution in [2.24, 2.45) is 0 Å². The van der Waals surface area contributed by atoms with E-state index >= 15 is 0 Å². The van der Waals surface area contributed by atoms with Crippen molar-refractivity contribution in [2.75, 3.05) is 19.0 Å². The average Bonchev–Trinajstić information content (AvgIpc) is 2.82. The quantitative estimate of drug-likeness (QED) is 0.171. The van der Waals surface area contributed by atoms with Gasteiger partial charge in [0.15, 0.2) is 11.8 Å². The number of phosphoric ester groups is 1. The van der Waals surface area contributed by atoms with Crippen molar-refractivity contribution < 1.29 is 60.6 Å². The minimum atomic E-state index is -5.82. The number of nitrogens with zero attached hydrogens (tertiary/aromatic N) is 2. The molecular weight excluding hydrogens is 517 g/mol. The van der Waals surface area contributed by atoms with E-state index in [9.17, 15) is 32.9 Å². The zero-order valence-corrected chi connectivity index (χ0v) is 18.3. The monoisotopic (exact) mass is 533 g/mol. The Morgan fingerprint density at radius 2 is 1.87 bits per heavy atom. The number of hydrogen-bond donors (Lipinski definition) is 6. The number of anilines is 1. The first kappa shape index (κ1) is 26.5. The van der Waals surface area contributed by atoms with Crippen LogP contribution in [-0.4, -0.2) is 64.6 Å². The fourth-order valence-electron chi connectivity index (χ4n) is 2.41. The molecule has 2 unspecified atom stereocenters. The van der Waals surface area contributed by atoms with E-state index in [1.54, 1.807) is 0 Å². The van der Waals surface area contributed by atoms with E-state index in [0.29, 0.717) is 0 Å². The summed E-state index contributed by atoms with van der Waals surface area (Å²) in [6.45, 7) is -2.92. The van der Waals surface area contributed by atoms with Gasteiger partial charge < -0.3 is 35.2 Å². The molecule has 6 atom stereocenters. The molecule has 0 saturated carbocycles. The zero-order chi connectivity index (χ0) is 23.8. The molecule has 2 heterocycles. The average molecular weight is 534 g/mol. The van der Waals surface area contributed by atoms with Crippen LogP contribution in [0.4, 0.5) is 10.2 Å². The minimum Gasteiger partial charge on any atom is -0.388 e. The van der Waals surface area contributed by atoms with E-state index in [-0.39, 0.29) is 5.82 Å². The number of halogens is 2. The maximum Gasteiger partial charge on any atom is 0.490 e. The fraction of sp³-hybridized carbons (Fsp3) is 0.600. The van der Waals surface area contributed by atoms with Gasteiger partial charge in [-0.2, -0.15) is 13.6 Å². The van der Waals surface area contributed by atoms with E-state index in [1.807, 2.05) is 0 Å². The molecule has 21 heteroatoms. The highest BCUT2D eigenvalue weighted by Crippen LogP contribution is 2.66. The van der Waals surface area contributed by atoms with Crippen LogP contribution in [0.25, 0.3) is 0 Å². The molecule has 178 valence electrons. The van der Waals surface area contributed by atoms with E-state index < -0.39 is 65.7 Å². The van der Waals surface area contributed by atoms with Gasteiger partial charge in [0.25, 0.3) is 0 Å². The van der Waals surface area contributed by atoms with Gasteiger partial charge in [-0.1, -0.05) is 0 Å². The van der Waals surface area contributed by atoms with E-state index in [4.69, 9.17) is 36.8 Å². The lowest BCUT2D eigenvalue weighted by molar-refractivity contribution is -0.135. The molecule has 1 saturated heterocycles. The normalized spacial score (nSPS) is 30.6. The van der Waals surface area contributed by atoms with Crippen molar-refractivity contribution in [3.63, 3.8) is 0 Å². The number of phosphoric acid groups is 3. The number of nitrogen functional groups attached to an aromatic ring is 1. The Bertz CT molecular complexity index is 1020. The highest BCUT2D eigenvalue weighted by atomic mass is 35.5. The van der Waals surface area contributed by atoms with Gasteiger partial charge in [0.05, 0.1) is 6.61 Å². The molecule has 1 aliphatic heterocycles. The highest BCUT2D eigenvalue weighted by molar-refractivity contribution is 7.66. The van der Waals surface area contributed by atoms with Crippen molar-refractivity contribution >= 4 is 40.9 Å². The molecule has 0 radical (unpaired) electrons. The molecular formula is C10H16ClFN3O13P3. The maximum atomic E-state index is 13.8. The Morgan fingerprint density at radius 3 is 2.39 bits per heavy atom. The molecule has 0 aliphatic carbocycles. The SMILES string of the molecule is Nc1ccn([C@@H]2O[C@](CF)(COP(=O)(O)OP(=O)(O)OP(=O)(O)O)[C@@H](O)[C@H]2Cl)c(=O)n1. The summed E-state index contributed by atoms with van der Waals surface area (Å²) in [5.74, 6) is -0.157. The molecule has 7 N–H and O–H groups in total. The van der Waals surface area contributed by atoms with Gasteiger partial charge >= 0.3 is 29.2 Å². The number of aliphatic hydroxyl groups is 1. The summed E-state index contributed by atoms with van der Waals surface area (Å²) in [6.07, 6.45) is -2.42. The predicted molar refractivity (Wildman–Crippen MR) is 97.2 cm³/mol. The fourth-order valence-corrected chi connectivity index (χ4v) is 5.89. The van der Waals surface area contributed by atoms with Crippen molar-refractivity contribution in [3.8, 4) is 0 Å². The van der Waals surface area contributed by atoms with Crippen LogP contribution in [0.2, 0.25) is 0 Å². The van der Waals surface area contributed by atoms with Crippen LogP contribution in [0.5, 0.6) is 0 Å². The van der Waals surface area contributed by atoms with Crippen LogP contribution in [-0.2, 0) is 31.6 Å². The first-order valence-corrected chi connectivity index (χ1v) is 12.7. The molecule has 0 aromatic carbocycles. The molecule has 1 aliphatic rings. The summed E-state index contributed by atoms with van der Waals surface area (Å²) in [5, 5.41) is 8.78. The van der Waals surface area contributed by atoms with Crippen LogP contribution in [0.1, 0.15) is 6.23 Å². The third kappa shape index (κ3) is 6.62. The largest absolute Gasteiger partial charge is 0.490 e. The number of aromatic nitrogens is 2. The maximum absolute atomic E-state index is 13.8. The third-order valence-corrected chi connectivity index (χ3v) is 7.95. The molecule has 31 heavy (non-hydrogen) atoms. The molecule has 0 spiro atoms. The van der Waals surface area contributed by atoms with Crippen LogP contribution < -0.4 is 11.4 Å². The van der Waals surface area contributed by atoms with E-state index in [2.05, 4.69) is 18.1 Å². The standard InChI is InChI=1S/C10H16ClFN3O13P3/c11-6-7(16)10(3-12,26-8(6)15-2-1-5(13)14-9(15)17)4-25-30(21,22)28-31(23,24)27-29(18,19)20/h1-2,6-8,16H,3-4H2,(H,21,22)(H,23,24)(H2,13,14,17)(H2,18,19,20)/t6-,7+,8-,10-/m1/s1. The van der Waals surface area contributed by atoms with Crippen molar-refractivity contribution in [2.45, 2.75) is 23.3 Å². The van der Waals surface area contributed by atoms with Gasteiger partial charge in [0.1, 0.15) is 24.0 Å². The van der Waals surface area contributed by atoms with Crippen LogP contribution >= 0.6 is 35.1 Å². The number of aliphatic hydroxyl groups excluding tert-OH is 1. The Morgan fingerprint density at radius 1 is 1.26 bits per heavy atom. The molecule has 1 aromatic rings. The third-order valence-electron chi connectivity index (χ3n) is 3.71. The van der Waals surface area contributed by atoms with Crippen LogP contribution in [0.3, 0.4) is 0 Å². The lowest BCUT2D eigenvalue weighted by Gasteiger charge is -2.29. The lowest BCUT2D eigenvalue weighted by Crippen LogP contribution is -2.48. The van der Waals surface area contributed by atoms with Crippen molar-refractivity contribution in [1.82, 2.24) is 9.55 Å². The number of ether oxygens (including phenoxy) is 1. The predicted octanol–water partition coefficient (Wildman–Crippen LogP) is -0.626. The summed E-state index contributed by atoms with van der Waals surface area (Å²) in [6, 6.07) is 1.17. The van der Waals surface area contributed by atoms with Crippen LogP contribution in [0.15, 0.2) is 17.1 Å². The van der Waals surface area contributed by atoms with Crippen molar-refractivity contribution in [1.29, 1.82) is 0 Å². The minimum absolute atomic E-state index is 0.157. The van der Waals surface area contributed by atoms with Gasteiger partial charge in [-0.25, -0.2) is 22.9 Å². The first-order valence-electron chi connectivity index (χ1n) is 7.70. The second-order valence-electron chi connectivity index (χ2n) is 6.00. The Hall–Kier alpha value is -0.770. The smallest absolute Gasteiger partial charge is 0.388 e. The molecule has 2 rings (SSSR count). The topological polar surface area (TPSA) is 250 Å². The second kappa shape index (κ2) is 9.23. The summed E-state index contributed by atoms with van der Waals surface area (Å²) < 4.78 is 64.9. The van der Waals surface area contributed by atoms with Gasteiger partial charge in [0, 0.05) is 6.20 Å². The highest BCUT2D eigenvalue weighted by Gasteiger charge is 2.57. The zero-order valence-electron chi connectivity index (χ0n) is 14.9. The number of alkyl halides is 2. The number of hydrogen-bond acceptors (Lipinski definition) is 11. The summed E-state index contributed by atoms with van der Waals surface area (Å²) in [5.41, 5.74) is 1.90. The molecule has 1 aromatic heterocycles. The van der Waals surface area contributed by atoms with Gasteiger partial charge in [-0.05, 0) is 6.07 Å². The number of nitrogens with two attached hydrogens (primary N) is 1. The molecule has 1 fully saturated rings. The van der Waals surface area contributed by atoms with E-state index in [0.717, 1.165) is 10.8 Å². The summed E-state index contributed by atoms with van der Waals surface area (Å²) >= 11 is 6.00. The van der Waals surface area contributed by atoms with Crippen LogP contribution in [0, 0.1) is 0 Å². The molecule has 0 bridgehead atoms. The summed E-state index contributed by atoms with van der Waals surface area (Å²) in [4.78, 5) is 50.9. The van der Waals surface area contributed by atoms with Gasteiger partial charge in [0.2, 0.25) is 0 Å². The lowest BCUT2D eigenvalue weighted by atomic mass is 9.99. The Balaban J connectivity index is 2.20. The first-order chi connectivity index (χ1) is 14.0. The molecule has 0 amide bonds. The summed E-state index contributed by atoms with van der Waals surface area (Å²) in [7, 11) is -17.1. The second-order valence-corrected chi connectivity index (χ2v) is 10.9. The Labute approximate surface area is 176 Å². The van der Waals surface area contributed by atoms with Gasteiger partial charge in [-0.15, -0.1) is 11.6 Å². The number of rotatable bonds is 9.